The number of alkyl halides is 3. The van der Waals surface area contributed by atoms with Gasteiger partial charge in [-0.2, -0.15) is 13.2 Å². The SMILES string of the molecule is CCCCOc1ccc(-c2ccc(C(=O)O)cn2)cc1CNC(=O)c1ccc(C(F)(F)F)cc1F. The fraction of sp³-hybridized carbons (Fsp3) is 0.240. The fourth-order valence-electron chi connectivity index (χ4n) is 3.18. The zero-order valence-electron chi connectivity index (χ0n) is 18.7. The Balaban J connectivity index is 1.83. The smallest absolute Gasteiger partial charge is 0.416 e. The maximum Gasteiger partial charge on any atom is 0.416 e. The van der Waals surface area contributed by atoms with E-state index in [0.717, 1.165) is 18.9 Å². The Labute approximate surface area is 198 Å². The van der Waals surface area contributed by atoms with Crippen LogP contribution in [0.2, 0.25) is 0 Å². The Bertz CT molecular complexity index is 1210. The number of aromatic carboxylic acids is 1. The van der Waals surface area contributed by atoms with E-state index in [1.807, 2.05) is 6.92 Å². The number of aromatic nitrogens is 1. The van der Waals surface area contributed by atoms with E-state index in [1.54, 1.807) is 18.2 Å². The number of halogens is 4. The number of nitrogens with one attached hydrogen (secondary N) is 1. The summed E-state index contributed by atoms with van der Waals surface area (Å²) in [5, 5.41) is 11.6. The minimum Gasteiger partial charge on any atom is -0.493 e. The van der Waals surface area contributed by atoms with Gasteiger partial charge in [-0.3, -0.25) is 9.78 Å². The number of nitrogens with zero attached hydrogens (tertiary/aromatic N) is 1. The van der Waals surface area contributed by atoms with Gasteiger partial charge < -0.3 is 15.2 Å². The van der Waals surface area contributed by atoms with Crippen LogP contribution in [0.1, 0.15) is 51.6 Å². The number of ether oxygens (including phenoxy) is 1. The predicted molar refractivity (Wildman–Crippen MR) is 120 cm³/mol. The number of carbonyl (C=O) groups is 2. The Kier molecular flexibility index (Phi) is 8.06. The molecular formula is C25H22F4N2O4. The van der Waals surface area contributed by atoms with Crippen molar-refractivity contribution in [3.8, 4) is 17.0 Å². The second-order valence-corrected chi connectivity index (χ2v) is 7.64. The van der Waals surface area contributed by atoms with Crippen LogP contribution in [-0.2, 0) is 12.7 Å². The van der Waals surface area contributed by atoms with Gasteiger partial charge >= 0.3 is 12.1 Å². The first-order valence-corrected chi connectivity index (χ1v) is 10.7. The van der Waals surface area contributed by atoms with E-state index in [2.05, 4.69) is 10.3 Å². The molecule has 0 saturated heterocycles. The molecule has 0 atom stereocenters. The lowest BCUT2D eigenvalue weighted by molar-refractivity contribution is -0.137. The highest BCUT2D eigenvalue weighted by Crippen LogP contribution is 2.30. The minimum absolute atomic E-state index is 0.0272. The van der Waals surface area contributed by atoms with Crippen molar-refractivity contribution in [3.05, 3.63) is 82.8 Å². The molecule has 1 amide bonds. The van der Waals surface area contributed by atoms with Crippen molar-refractivity contribution in [1.82, 2.24) is 10.3 Å². The molecule has 0 aliphatic carbocycles. The van der Waals surface area contributed by atoms with Crippen molar-refractivity contribution in [2.45, 2.75) is 32.5 Å². The molecule has 1 heterocycles. The number of unbranched alkanes of at least 4 members (excludes halogenated alkanes) is 1. The average Bonchev–Trinajstić information content (AvgIpc) is 2.82. The van der Waals surface area contributed by atoms with Gasteiger partial charge in [-0.05, 0) is 55.0 Å². The van der Waals surface area contributed by atoms with Gasteiger partial charge in [-0.15, -0.1) is 0 Å². The van der Waals surface area contributed by atoms with Gasteiger partial charge in [-0.25, -0.2) is 9.18 Å². The normalized spacial score (nSPS) is 11.2. The van der Waals surface area contributed by atoms with Crippen LogP contribution < -0.4 is 10.1 Å². The lowest BCUT2D eigenvalue weighted by atomic mass is 10.1. The highest BCUT2D eigenvalue weighted by Gasteiger charge is 2.31. The molecule has 0 spiro atoms. The number of carboxylic acid groups (broad SMARTS) is 1. The number of carbonyl (C=O) groups excluding carboxylic acids is 1. The van der Waals surface area contributed by atoms with Crippen molar-refractivity contribution in [2.75, 3.05) is 6.61 Å². The van der Waals surface area contributed by atoms with Crippen molar-refractivity contribution in [1.29, 1.82) is 0 Å². The van der Waals surface area contributed by atoms with Crippen LogP contribution >= 0.6 is 0 Å². The Morgan fingerprint density at radius 1 is 1.09 bits per heavy atom. The van der Waals surface area contributed by atoms with Crippen molar-refractivity contribution in [2.24, 2.45) is 0 Å². The molecule has 0 bridgehead atoms. The molecule has 0 aliphatic rings. The molecule has 0 saturated carbocycles. The third-order valence-corrected chi connectivity index (χ3v) is 5.10. The lowest BCUT2D eigenvalue weighted by Crippen LogP contribution is -2.24. The molecule has 6 nitrogen and oxygen atoms in total. The van der Waals surface area contributed by atoms with Crippen molar-refractivity contribution >= 4 is 11.9 Å². The van der Waals surface area contributed by atoms with Gasteiger partial charge in [0, 0.05) is 23.9 Å². The third kappa shape index (κ3) is 6.56. The molecular weight excluding hydrogens is 468 g/mol. The summed E-state index contributed by atoms with van der Waals surface area (Å²) in [6, 6.07) is 9.75. The molecule has 0 aliphatic heterocycles. The maximum atomic E-state index is 14.2. The summed E-state index contributed by atoms with van der Waals surface area (Å²) in [5.74, 6) is -2.81. The summed E-state index contributed by atoms with van der Waals surface area (Å²) in [7, 11) is 0. The van der Waals surface area contributed by atoms with Gasteiger partial charge in [-0.1, -0.05) is 13.3 Å². The number of pyridine rings is 1. The van der Waals surface area contributed by atoms with Crippen molar-refractivity contribution in [3.63, 3.8) is 0 Å². The zero-order valence-corrected chi connectivity index (χ0v) is 18.7. The van der Waals surface area contributed by atoms with Crippen LogP contribution in [0.3, 0.4) is 0 Å². The molecule has 2 N–H and O–H groups in total. The highest BCUT2D eigenvalue weighted by molar-refractivity contribution is 5.94. The number of hydrogen-bond acceptors (Lipinski definition) is 4. The standard InChI is InChI=1S/C25H22F4N2O4/c1-2-3-10-35-22-9-5-15(21-8-4-16(13-30-21)24(33)34)11-17(22)14-31-23(32)19-7-6-18(12-20(19)26)25(27,28)29/h4-9,11-13H,2-3,10,14H2,1H3,(H,31,32)(H,33,34). The van der Waals surface area contributed by atoms with Gasteiger partial charge in [0.05, 0.1) is 29.0 Å². The summed E-state index contributed by atoms with van der Waals surface area (Å²) in [5.41, 5.74) is -0.0465. The van der Waals surface area contributed by atoms with Gasteiger partial charge in [0.25, 0.3) is 5.91 Å². The van der Waals surface area contributed by atoms with Crippen LogP contribution in [0, 0.1) is 5.82 Å². The Hall–Kier alpha value is -3.95. The first-order chi connectivity index (χ1) is 16.6. The van der Waals surface area contributed by atoms with E-state index in [4.69, 9.17) is 9.84 Å². The topological polar surface area (TPSA) is 88.5 Å². The summed E-state index contributed by atoms with van der Waals surface area (Å²) in [6.07, 6.45) is -1.81. The van der Waals surface area contributed by atoms with Crippen LogP contribution in [-0.4, -0.2) is 28.6 Å². The van der Waals surface area contributed by atoms with E-state index in [-0.39, 0.29) is 18.2 Å². The van der Waals surface area contributed by atoms with E-state index < -0.39 is 35.0 Å². The predicted octanol–water partition coefficient (Wildman–Crippen LogP) is 5.71. The third-order valence-electron chi connectivity index (χ3n) is 5.10. The lowest BCUT2D eigenvalue weighted by Gasteiger charge is -2.14. The molecule has 3 aromatic rings. The Morgan fingerprint density at radius 2 is 1.86 bits per heavy atom. The largest absolute Gasteiger partial charge is 0.493 e. The van der Waals surface area contributed by atoms with Crippen LogP contribution in [0.25, 0.3) is 11.3 Å². The first-order valence-electron chi connectivity index (χ1n) is 10.7. The number of hydrogen-bond donors (Lipinski definition) is 2. The fourth-order valence-corrected chi connectivity index (χ4v) is 3.18. The second-order valence-electron chi connectivity index (χ2n) is 7.64. The molecule has 35 heavy (non-hydrogen) atoms. The molecule has 184 valence electrons. The molecule has 3 rings (SSSR count). The second kappa shape index (κ2) is 11.0. The average molecular weight is 490 g/mol. The van der Waals surface area contributed by atoms with Gasteiger partial charge in [0.2, 0.25) is 0 Å². The quantitative estimate of drug-likeness (QED) is 0.296. The molecule has 0 radical (unpaired) electrons. The summed E-state index contributed by atoms with van der Waals surface area (Å²) in [4.78, 5) is 27.7. The van der Waals surface area contributed by atoms with Gasteiger partial charge in [0.1, 0.15) is 11.6 Å². The molecule has 0 unspecified atom stereocenters. The molecule has 10 heteroatoms. The number of benzene rings is 2. The number of amides is 1. The van der Waals surface area contributed by atoms with Crippen molar-refractivity contribution < 1.29 is 37.0 Å². The molecule has 1 aromatic heterocycles. The maximum absolute atomic E-state index is 14.2. The van der Waals surface area contributed by atoms with E-state index in [1.165, 1.54) is 18.3 Å². The van der Waals surface area contributed by atoms with E-state index >= 15 is 0 Å². The van der Waals surface area contributed by atoms with Gasteiger partial charge in [0.15, 0.2) is 0 Å². The summed E-state index contributed by atoms with van der Waals surface area (Å²) in [6.45, 7) is 2.33. The monoisotopic (exact) mass is 490 g/mol. The number of rotatable bonds is 9. The van der Waals surface area contributed by atoms with Crippen LogP contribution in [0.15, 0.2) is 54.7 Å². The molecule has 2 aromatic carbocycles. The highest BCUT2D eigenvalue weighted by atomic mass is 19.4. The van der Waals surface area contributed by atoms with Crippen LogP contribution in [0.4, 0.5) is 17.6 Å². The summed E-state index contributed by atoms with van der Waals surface area (Å²) < 4.78 is 58.3. The number of carboxylic acids is 1. The first kappa shape index (κ1) is 25.7. The van der Waals surface area contributed by atoms with E-state index in [0.29, 0.717) is 35.2 Å². The molecule has 0 fully saturated rings. The van der Waals surface area contributed by atoms with E-state index in [9.17, 15) is 27.2 Å². The zero-order chi connectivity index (χ0) is 25.6. The minimum atomic E-state index is -4.72. The Morgan fingerprint density at radius 3 is 2.46 bits per heavy atom. The van der Waals surface area contributed by atoms with Crippen LogP contribution in [0.5, 0.6) is 5.75 Å². The summed E-state index contributed by atoms with van der Waals surface area (Å²) >= 11 is 0.